The third-order valence-corrected chi connectivity index (χ3v) is 4.66. The Morgan fingerprint density at radius 1 is 1.50 bits per heavy atom. The molecule has 1 aromatic carbocycles. The molecule has 22 heavy (non-hydrogen) atoms. The molecule has 1 aliphatic rings. The Kier molecular flexibility index (Phi) is 5.84. The second kappa shape index (κ2) is 7.85. The molecular weight excluding hydrogens is 298 g/mol. The highest BCUT2D eigenvalue weighted by Gasteiger charge is 2.33. The Bertz CT molecular complexity index is 597. The van der Waals surface area contributed by atoms with Crippen LogP contribution in [0.1, 0.15) is 19.8 Å². The predicted octanol–water partition coefficient (Wildman–Crippen LogP) is 2.50. The lowest BCUT2D eigenvalue weighted by atomic mass is 10.1. The normalized spacial score (nSPS) is 17.4. The number of thioether (sulfide) groups is 1. The van der Waals surface area contributed by atoms with Gasteiger partial charge in [-0.3, -0.25) is 9.59 Å². The molecule has 0 aliphatic carbocycles. The second-order valence-corrected chi connectivity index (χ2v) is 6.21. The number of likely N-dealkylation sites (tertiary alicyclic amines) is 1. The van der Waals surface area contributed by atoms with Crippen LogP contribution in [0.2, 0.25) is 0 Å². The molecule has 116 valence electrons. The summed E-state index contributed by atoms with van der Waals surface area (Å²) < 4.78 is 0. The fraction of sp³-hybridized carbons (Fsp3) is 0.438. The van der Waals surface area contributed by atoms with E-state index >= 15 is 0 Å². The van der Waals surface area contributed by atoms with Crippen LogP contribution in [0.3, 0.4) is 0 Å². The van der Waals surface area contributed by atoms with Crippen molar-refractivity contribution in [3.05, 3.63) is 24.3 Å². The minimum Gasteiger partial charge on any atom is -0.342 e. The van der Waals surface area contributed by atoms with Crippen LogP contribution in [-0.4, -0.2) is 35.6 Å². The Balaban J connectivity index is 2.00. The van der Waals surface area contributed by atoms with Gasteiger partial charge in [-0.2, -0.15) is 5.26 Å². The molecule has 0 unspecified atom stereocenters. The van der Waals surface area contributed by atoms with Crippen LogP contribution in [0.15, 0.2) is 29.2 Å². The van der Waals surface area contributed by atoms with E-state index in [2.05, 4.69) is 11.4 Å². The molecule has 0 aromatic heterocycles. The summed E-state index contributed by atoms with van der Waals surface area (Å²) in [6.07, 6.45) is 0.749. The van der Waals surface area contributed by atoms with E-state index in [0.29, 0.717) is 25.3 Å². The van der Waals surface area contributed by atoms with E-state index in [1.807, 2.05) is 31.2 Å². The number of hydrogen-bond acceptors (Lipinski definition) is 4. The highest BCUT2D eigenvalue weighted by Crippen LogP contribution is 2.28. The number of hydrogen-bond donors (Lipinski definition) is 1. The van der Waals surface area contributed by atoms with Gasteiger partial charge in [-0.05, 0) is 19.1 Å². The van der Waals surface area contributed by atoms with Crippen LogP contribution < -0.4 is 5.32 Å². The molecule has 1 N–H and O–H groups in total. The first-order valence-electron chi connectivity index (χ1n) is 7.33. The summed E-state index contributed by atoms with van der Waals surface area (Å²) in [6.45, 7) is 3.05. The van der Waals surface area contributed by atoms with Crippen molar-refractivity contribution in [3.8, 4) is 6.07 Å². The van der Waals surface area contributed by atoms with Crippen LogP contribution in [0.4, 0.5) is 5.69 Å². The molecule has 0 bridgehead atoms. The lowest BCUT2D eigenvalue weighted by Gasteiger charge is -2.15. The van der Waals surface area contributed by atoms with Crippen LogP contribution >= 0.6 is 11.8 Å². The zero-order valence-electron chi connectivity index (χ0n) is 12.5. The number of nitriles is 1. The van der Waals surface area contributed by atoms with E-state index in [0.717, 1.165) is 10.6 Å². The van der Waals surface area contributed by atoms with E-state index in [9.17, 15) is 9.59 Å². The summed E-state index contributed by atoms with van der Waals surface area (Å²) in [4.78, 5) is 26.7. The van der Waals surface area contributed by atoms with Crippen molar-refractivity contribution in [2.75, 3.05) is 24.2 Å². The number of nitrogens with zero attached hydrogens (tertiary/aromatic N) is 2. The first-order chi connectivity index (χ1) is 10.7. The summed E-state index contributed by atoms with van der Waals surface area (Å²) >= 11 is 1.55. The van der Waals surface area contributed by atoms with Gasteiger partial charge < -0.3 is 10.2 Å². The third kappa shape index (κ3) is 4.01. The fourth-order valence-corrected chi connectivity index (χ4v) is 3.25. The standard InChI is InChI=1S/C16H19N3O2S/c1-2-19-11-12(10-15(19)20)16(21)18-13-6-3-4-7-14(13)22-9-5-8-17/h3-4,6-7,12H,2,5,9-11H2,1H3,(H,18,21)/t12-/m0/s1. The van der Waals surface area contributed by atoms with Crippen molar-refractivity contribution in [1.82, 2.24) is 4.90 Å². The minimum absolute atomic E-state index is 0.0410. The Morgan fingerprint density at radius 3 is 2.95 bits per heavy atom. The van der Waals surface area contributed by atoms with Gasteiger partial charge in [0.1, 0.15) is 0 Å². The number of rotatable bonds is 6. The van der Waals surface area contributed by atoms with E-state index < -0.39 is 0 Å². The molecule has 0 spiro atoms. The molecule has 1 aromatic rings. The van der Waals surface area contributed by atoms with E-state index in [-0.39, 0.29) is 24.2 Å². The monoisotopic (exact) mass is 317 g/mol. The average Bonchev–Trinajstić information content (AvgIpc) is 2.90. The van der Waals surface area contributed by atoms with Gasteiger partial charge in [-0.25, -0.2) is 0 Å². The van der Waals surface area contributed by atoms with Crippen molar-refractivity contribution >= 4 is 29.3 Å². The lowest BCUT2D eigenvalue weighted by molar-refractivity contribution is -0.128. The zero-order chi connectivity index (χ0) is 15.9. The average molecular weight is 317 g/mol. The van der Waals surface area contributed by atoms with Crippen molar-refractivity contribution in [3.63, 3.8) is 0 Å². The van der Waals surface area contributed by atoms with E-state index in [1.54, 1.807) is 16.7 Å². The first kappa shape index (κ1) is 16.4. The number of benzene rings is 1. The number of nitrogens with one attached hydrogen (secondary N) is 1. The lowest BCUT2D eigenvalue weighted by Crippen LogP contribution is -2.28. The predicted molar refractivity (Wildman–Crippen MR) is 86.4 cm³/mol. The maximum atomic E-state index is 12.4. The van der Waals surface area contributed by atoms with Gasteiger partial charge >= 0.3 is 0 Å². The fourth-order valence-electron chi connectivity index (χ4n) is 2.39. The Morgan fingerprint density at radius 2 is 2.27 bits per heavy atom. The molecule has 1 heterocycles. The van der Waals surface area contributed by atoms with E-state index in [4.69, 9.17) is 5.26 Å². The van der Waals surface area contributed by atoms with Gasteiger partial charge in [0.2, 0.25) is 11.8 Å². The van der Waals surface area contributed by atoms with Crippen LogP contribution in [-0.2, 0) is 9.59 Å². The molecule has 5 nitrogen and oxygen atoms in total. The van der Waals surface area contributed by atoms with Crippen LogP contribution in [0.25, 0.3) is 0 Å². The quantitative estimate of drug-likeness (QED) is 0.646. The Hall–Kier alpha value is -2.00. The van der Waals surface area contributed by atoms with Gasteiger partial charge in [0.25, 0.3) is 0 Å². The maximum Gasteiger partial charge on any atom is 0.229 e. The van der Waals surface area contributed by atoms with Crippen LogP contribution in [0.5, 0.6) is 0 Å². The molecule has 1 saturated heterocycles. The summed E-state index contributed by atoms with van der Waals surface area (Å²) in [5, 5.41) is 11.5. The summed E-state index contributed by atoms with van der Waals surface area (Å²) in [7, 11) is 0. The largest absolute Gasteiger partial charge is 0.342 e. The zero-order valence-corrected chi connectivity index (χ0v) is 13.4. The molecule has 1 fully saturated rings. The number of carbonyl (C=O) groups is 2. The van der Waals surface area contributed by atoms with Gasteiger partial charge in [0.05, 0.1) is 17.7 Å². The number of amides is 2. The summed E-state index contributed by atoms with van der Waals surface area (Å²) in [5.74, 6) is 0.330. The third-order valence-electron chi connectivity index (χ3n) is 3.58. The smallest absolute Gasteiger partial charge is 0.229 e. The maximum absolute atomic E-state index is 12.4. The van der Waals surface area contributed by atoms with Crippen molar-refractivity contribution in [2.24, 2.45) is 5.92 Å². The molecule has 1 aliphatic heterocycles. The number of para-hydroxylation sites is 1. The Labute approximate surface area is 134 Å². The van der Waals surface area contributed by atoms with Gasteiger partial charge in [-0.15, -0.1) is 11.8 Å². The summed E-state index contributed by atoms with van der Waals surface area (Å²) in [6, 6.07) is 9.65. The summed E-state index contributed by atoms with van der Waals surface area (Å²) in [5.41, 5.74) is 0.748. The SMILES string of the molecule is CCN1C[C@@H](C(=O)Nc2ccccc2SCCC#N)CC1=O. The first-order valence-corrected chi connectivity index (χ1v) is 8.31. The van der Waals surface area contributed by atoms with Crippen molar-refractivity contribution in [2.45, 2.75) is 24.7 Å². The van der Waals surface area contributed by atoms with E-state index in [1.165, 1.54) is 0 Å². The molecule has 1 atom stereocenters. The molecule has 0 radical (unpaired) electrons. The topological polar surface area (TPSA) is 73.2 Å². The molecule has 6 heteroatoms. The highest BCUT2D eigenvalue weighted by atomic mass is 32.2. The van der Waals surface area contributed by atoms with Gasteiger partial charge in [-0.1, -0.05) is 12.1 Å². The molecule has 2 amide bonds. The molecular formula is C16H19N3O2S. The van der Waals surface area contributed by atoms with Gasteiger partial charge in [0.15, 0.2) is 0 Å². The molecule has 2 rings (SSSR count). The van der Waals surface area contributed by atoms with Crippen molar-refractivity contribution < 1.29 is 9.59 Å². The number of carbonyl (C=O) groups excluding carboxylic acids is 2. The second-order valence-electron chi connectivity index (χ2n) is 5.08. The van der Waals surface area contributed by atoms with Crippen LogP contribution in [0, 0.1) is 17.2 Å². The highest BCUT2D eigenvalue weighted by molar-refractivity contribution is 7.99. The number of anilines is 1. The minimum atomic E-state index is -0.287. The van der Waals surface area contributed by atoms with Crippen molar-refractivity contribution in [1.29, 1.82) is 5.26 Å². The molecule has 0 saturated carbocycles. The van der Waals surface area contributed by atoms with Gasteiger partial charge in [0, 0.05) is 36.6 Å².